The number of nitrogens with zero attached hydrogens (tertiary/aromatic N) is 1. The molecule has 6 heteroatoms. The van der Waals surface area contributed by atoms with Crippen molar-refractivity contribution in [3.05, 3.63) is 11.1 Å². The van der Waals surface area contributed by atoms with E-state index >= 15 is 0 Å². The van der Waals surface area contributed by atoms with Crippen LogP contribution in [0.4, 0.5) is 0 Å². The molecule has 1 unspecified atom stereocenters. The first-order chi connectivity index (χ1) is 8.24. The van der Waals surface area contributed by atoms with Crippen molar-refractivity contribution in [2.45, 2.75) is 36.1 Å². The summed E-state index contributed by atoms with van der Waals surface area (Å²) >= 11 is 3.18. The van der Waals surface area contributed by atoms with Crippen LogP contribution in [0.25, 0.3) is 0 Å². The van der Waals surface area contributed by atoms with Crippen LogP contribution in [0.15, 0.2) is 9.72 Å². The lowest BCUT2D eigenvalue weighted by Crippen LogP contribution is -2.21. The van der Waals surface area contributed by atoms with E-state index in [2.05, 4.69) is 4.98 Å². The highest BCUT2D eigenvalue weighted by Crippen LogP contribution is 2.26. The van der Waals surface area contributed by atoms with Crippen LogP contribution in [-0.4, -0.2) is 34.5 Å². The van der Waals surface area contributed by atoms with Crippen molar-refractivity contribution >= 4 is 29.1 Å². The molecule has 1 aliphatic rings. The Morgan fingerprint density at radius 2 is 2.53 bits per heavy atom. The molecule has 1 atom stereocenters. The summed E-state index contributed by atoms with van der Waals surface area (Å²) in [7, 11) is 0. The molecule has 0 aromatic carbocycles. The summed E-state index contributed by atoms with van der Waals surface area (Å²) in [6.45, 7) is 0.868. The van der Waals surface area contributed by atoms with Crippen LogP contribution in [0.3, 0.4) is 0 Å². The molecule has 1 aromatic heterocycles. The summed E-state index contributed by atoms with van der Waals surface area (Å²) in [6, 6.07) is 0. The Kier molecular flexibility index (Phi) is 4.82. The quantitative estimate of drug-likeness (QED) is 0.835. The number of hydrogen-bond donors (Lipinski definition) is 1. The zero-order valence-electron chi connectivity index (χ0n) is 9.42. The zero-order valence-corrected chi connectivity index (χ0v) is 11.1. The summed E-state index contributed by atoms with van der Waals surface area (Å²) in [5, 5.41) is 10.5. The highest BCUT2D eigenvalue weighted by Gasteiger charge is 2.15. The Hall–Kier alpha value is -0.590. The van der Waals surface area contributed by atoms with Gasteiger partial charge in [0.1, 0.15) is 4.34 Å². The Bertz CT molecular complexity index is 375. The van der Waals surface area contributed by atoms with E-state index < -0.39 is 5.97 Å². The summed E-state index contributed by atoms with van der Waals surface area (Å²) in [6.07, 6.45) is 3.88. The molecule has 0 amide bonds. The smallest absolute Gasteiger partial charge is 0.309 e. The lowest BCUT2D eigenvalue weighted by molar-refractivity contribution is -0.136. The summed E-state index contributed by atoms with van der Waals surface area (Å²) in [5.41, 5.74) is 0.648. The van der Waals surface area contributed by atoms with Gasteiger partial charge in [0.15, 0.2) is 0 Å². The molecular formula is C11H15NO3S2. The minimum atomic E-state index is -0.831. The highest BCUT2D eigenvalue weighted by molar-refractivity contribution is 8.01. The molecule has 2 heterocycles. The molecule has 0 radical (unpaired) electrons. The molecule has 1 aromatic rings. The predicted molar refractivity (Wildman–Crippen MR) is 67.8 cm³/mol. The third-order valence-electron chi connectivity index (χ3n) is 2.53. The molecule has 1 aliphatic heterocycles. The summed E-state index contributed by atoms with van der Waals surface area (Å²) in [5.74, 6) is 0.0856. The second-order valence-corrected chi connectivity index (χ2v) is 6.10. The third-order valence-corrected chi connectivity index (χ3v) is 4.73. The molecule has 0 aliphatic carbocycles. The van der Waals surface area contributed by atoms with E-state index in [4.69, 9.17) is 9.84 Å². The number of carboxylic acid groups (broad SMARTS) is 1. The standard InChI is InChI=1S/C11H15NO3S2/c13-10(14)5-8-6-16-11(12-8)17-7-9-3-1-2-4-15-9/h6,9H,1-5,7H2,(H,13,14). The largest absolute Gasteiger partial charge is 0.481 e. The van der Waals surface area contributed by atoms with Crippen molar-refractivity contribution in [3.8, 4) is 0 Å². The summed E-state index contributed by atoms with van der Waals surface area (Å²) < 4.78 is 6.57. The van der Waals surface area contributed by atoms with Gasteiger partial charge < -0.3 is 9.84 Å². The zero-order chi connectivity index (χ0) is 12.1. The van der Waals surface area contributed by atoms with Gasteiger partial charge in [-0.2, -0.15) is 0 Å². The average molecular weight is 273 g/mol. The molecule has 1 fully saturated rings. The maximum atomic E-state index is 10.5. The molecule has 4 nitrogen and oxygen atoms in total. The Labute approximate surface area is 108 Å². The van der Waals surface area contributed by atoms with Crippen molar-refractivity contribution in [1.29, 1.82) is 0 Å². The fourth-order valence-electron chi connectivity index (χ4n) is 1.69. The van der Waals surface area contributed by atoms with Gasteiger partial charge >= 0.3 is 5.97 Å². The first-order valence-electron chi connectivity index (χ1n) is 5.64. The Morgan fingerprint density at radius 3 is 3.24 bits per heavy atom. The number of hydrogen-bond acceptors (Lipinski definition) is 5. The molecule has 94 valence electrons. The van der Waals surface area contributed by atoms with E-state index in [9.17, 15) is 4.79 Å². The van der Waals surface area contributed by atoms with Gasteiger partial charge in [-0.15, -0.1) is 11.3 Å². The minimum Gasteiger partial charge on any atom is -0.481 e. The van der Waals surface area contributed by atoms with Crippen molar-refractivity contribution in [1.82, 2.24) is 4.98 Å². The van der Waals surface area contributed by atoms with E-state index in [0.717, 1.165) is 23.1 Å². The van der Waals surface area contributed by atoms with Gasteiger partial charge in [-0.25, -0.2) is 4.98 Å². The van der Waals surface area contributed by atoms with Crippen LogP contribution in [0.5, 0.6) is 0 Å². The first kappa shape index (κ1) is 12.9. The van der Waals surface area contributed by atoms with E-state index in [0.29, 0.717) is 11.8 Å². The molecule has 1 saturated heterocycles. The van der Waals surface area contributed by atoms with Gasteiger partial charge in [-0.05, 0) is 19.3 Å². The van der Waals surface area contributed by atoms with Gasteiger partial charge in [-0.3, -0.25) is 4.79 Å². The predicted octanol–water partition coefficient (Wildman–Crippen LogP) is 2.43. The van der Waals surface area contributed by atoms with Crippen LogP contribution in [-0.2, 0) is 16.0 Å². The van der Waals surface area contributed by atoms with Gasteiger partial charge in [-0.1, -0.05) is 11.8 Å². The number of ether oxygens (including phenoxy) is 1. The Balaban J connectivity index is 1.78. The van der Waals surface area contributed by atoms with E-state index in [1.807, 2.05) is 5.38 Å². The molecule has 17 heavy (non-hydrogen) atoms. The molecule has 1 N–H and O–H groups in total. The summed E-state index contributed by atoms with van der Waals surface area (Å²) in [4.78, 5) is 14.8. The normalized spacial score (nSPS) is 20.4. The highest BCUT2D eigenvalue weighted by atomic mass is 32.2. The molecular weight excluding hydrogens is 258 g/mol. The topological polar surface area (TPSA) is 59.4 Å². The van der Waals surface area contributed by atoms with Crippen LogP contribution in [0, 0.1) is 0 Å². The van der Waals surface area contributed by atoms with Crippen molar-refractivity contribution in [2.24, 2.45) is 0 Å². The number of thiazole rings is 1. The fraction of sp³-hybridized carbons (Fsp3) is 0.636. The van der Waals surface area contributed by atoms with Crippen LogP contribution in [0.2, 0.25) is 0 Å². The van der Waals surface area contributed by atoms with E-state index in [1.165, 1.54) is 24.2 Å². The molecule has 0 spiro atoms. The van der Waals surface area contributed by atoms with Gasteiger partial charge in [0, 0.05) is 17.7 Å². The maximum Gasteiger partial charge on any atom is 0.309 e. The van der Waals surface area contributed by atoms with E-state index in [-0.39, 0.29) is 6.42 Å². The third kappa shape index (κ3) is 4.29. The number of carbonyl (C=O) groups is 1. The average Bonchev–Trinajstić information content (AvgIpc) is 2.75. The Morgan fingerprint density at radius 1 is 1.65 bits per heavy atom. The van der Waals surface area contributed by atoms with Gasteiger partial charge in [0.25, 0.3) is 0 Å². The molecule has 2 rings (SSSR count). The number of aliphatic carboxylic acids is 1. The fourth-order valence-corrected chi connectivity index (χ4v) is 3.63. The minimum absolute atomic E-state index is 0.0109. The van der Waals surface area contributed by atoms with Crippen molar-refractivity contribution in [3.63, 3.8) is 0 Å². The lowest BCUT2D eigenvalue weighted by Gasteiger charge is -2.21. The number of rotatable bonds is 5. The van der Waals surface area contributed by atoms with Gasteiger partial charge in [0.2, 0.25) is 0 Å². The molecule has 0 bridgehead atoms. The second-order valence-electron chi connectivity index (χ2n) is 3.97. The number of carboxylic acids is 1. The second kappa shape index (κ2) is 6.37. The molecule has 0 saturated carbocycles. The number of aromatic nitrogens is 1. The SMILES string of the molecule is O=C(O)Cc1csc(SCC2CCCCO2)n1. The first-order valence-corrected chi connectivity index (χ1v) is 7.51. The van der Waals surface area contributed by atoms with Crippen LogP contribution in [0.1, 0.15) is 25.0 Å². The maximum absolute atomic E-state index is 10.5. The van der Waals surface area contributed by atoms with E-state index in [1.54, 1.807) is 11.8 Å². The van der Waals surface area contributed by atoms with Crippen LogP contribution < -0.4 is 0 Å². The van der Waals surface area contributed by atoms with Crippen molar-refractivity contribution < 1.29 is 14.6 Å². The lowest BCUT2D eigenvalue weighted by atomic mass is 10.1. The monoisotopic (exact) mass is 273 g/mol. The van der Waals surface area contributed by atoms with Gasteiger partial charge in [0.05, 0.1) is 18.2 Å². The number of thioether (sulfide) groups is 1. The van der Waals surface area contributed by atoms with Crippen LogP contribution >= 0.6 is 23.1 Å². The van der Waals surface area contributed by atoms with Crippen molar-refractivity contribution in [2.75, 3.05) is 12.4 Å².